The highest BCUT2D eigenvalue weighted by molar-refractivity contribution is 6.00. The van der Waals surface area contributed by atoms with E-state index in [1.54, 1.807) is 16.8 Å². The Balaban J connectivity index is 1.88. The summed E-state index contributed by atoms with van der Waals surface area (Å²) in [5.41, 5.74) is 3.84. The molecule has 0 spiro atoms. The molecule has 0 unspecified atom stereocenters. The van der Waals surface area contributed by atoms with Crippen LogP contribution in [-0.2, 0) is 13.0 Å². The first-order chi connectivity index (χ1) is 10.1. The number of benzene rings is 2. The number of aryl methyl sites for hydroxylation is 3. The fraction of sp³-hybridized carbons (Fsp3) is 0.188. The molecule has 0 aliphatic heterocycles. The van der Waals surface area contributed by atoms with Crippen LogP contribution in [0.5, 0.6) is 0 Å². The first-order valence-corrected chi connectivity index (χ1v) is 6.76. The molecule has 1 aromatic heterocycles. The van der Waals surface area contributed by atoms with Gasteiger partial charge in [-0.15, -0.1) is 5.10 Å². The number of carbonyl (C=O) groups is 1. The SMILES string of the molecule is Cc1cccc(CCn2nnc3c(C(=O)O)cccc32)c1. The molecule has 0 saturated heterocycles. The molecule has 3 rings (SSSR count). The van der Waals surface area contributed by atoms with Crippen molar-refractivity contribution < 1.29 is 9.90 Å². The van der Waals surface area contributed by atoms with Gasteiger partial charge in [-0.3, -0.25) is 0 Å². The van der Waals surface area contributed by atoms with Crippen LogP contribution < -0.4 is 0 Å². The van der Waals surface area contributed by atoms with Crippen molar-refractivity contribution in [3.05, 3.63) is 59.2 Å². The normalized spacial score (nSPS) is 10.9. The second-order valence-electron chi connectivity index (χ2n) is 5.03. The Morgan fingerprint density at radius 3 is 2.81 bits per heavy atom. The first-order valence-electron chi connectivity index (χ1n) is 6.76. The zero-order chi connectivity index (χ0) is 14.8. The molecule has 21 heavy (non-hydrogen) atoms. The molecule has 0 atom stereocenters. The molecule has 106 valence electrons. The minimum absolute atomic E-state index is 0.189. The highest BCUT2D eigenvalue weighted by Crippen LogP contribution is 2.16. The van der Waals surface area contributed by atoms with Crippen LogP contribution in [0.15, 0.2) is 42.5 Å². The summed E-state index contributed by atoms with van der Waals surface area (Å²) >= 11 is 0. The Morgan fingerprint density at radius 2 is 2.05 bits per heavy atom. The number of carboxylic acid groups (broad SMARTS) is 1. The summed E-state index contributed by atoms with van der Waals surface area (Å²) in [7, 11) is 0. The van der Waals surface area contributed by atoms with Crippen molar-refractivity contribution in [2.75, 3.05) is 0 Å². The summed E-state index contributed by atoms with van der Waals surface area (Å²) in [5, 5.41) is 17.2. The molecule has 0 fully saturated rings. The fourth-order valence-corrected chi connectivity index (χ4v) is 2.43. The monoisotopic (exact) mass is 281 g/mol. The van der Waals surface area contributed by atoms with Crippen molar-refractivity contribution in [1.29, 1.82) is 0 Å². The van der Waals surface area contributed by atoms with Crippen LogP contribution in [0.2, 0.25) is 0 Å². The largest absolute Gasteiger partial charge is 0.478 e. The van der Waals surface area contributed by atoms with E-state index in [1.165, 1.54) is 11.1 Å². The summed E-state index contributed by atoms with van der Waals surface area (Å²) in [4.78, 5) is 11.2. The maximum Gasteiger partial charge on any atom is 0.338 e. The summed E-state index contributed by atoms with van der Waals surface area (Å²) < 4.78 is 1.75. The highest BCUT2D eigenvalue weighted by atomic mass is 16.4. The lowest BCUT2D eigenvalue weighted by atomic mass is 10.1. The average Bonchev–Trinajstić information content (AvgIpc) is 2.88. The Morgan fingerprint density at radius 1 is 1.24 bits per heavy atom. The van der Waals surface area contributed by atoms with Gasteiger partial charge in [-0.05, 0) is 31.0 Å². The molecule has 1 N–H and O–H groups in total. The predicted octanol–water partition coefficient (Wildman–Crippen LogP) is 2.68. The van der Waals surface area contributed by atoms with E-state index in [4.69, 9.17) is 5.11 Å². The number of carboxylic acids is 1. The van der Waals surface area contributed by atoms with Crippen LogP contribution in [0.4, 0.5) is 0 Å². The predicted molar refractivity (Wildman–Crippen MR) is 79.4 cm³/mol. The lowest BCUT2D eigenvalue weighted by Gasteiger charge is -2.04. The van der Waals surface area contributed by atoms with Gasteiger partial charge in [-0.25, -0.2) is 9.48 Å². The van der Waals surface area contributed by atoms with E-state index < -0.39 is 5.97 Å². The van der Waals surface area contributed by atoms with E-state index >= 15 is 0 Å². The zero-order valence-electron chi connectivity index (χ0n) is 11.7. The number of nitrogens with zero attached hydrogens (tertiary/aromatic N) is 3. The maximum absolute atomic E-state index is 11.2. The Bertz CT molecular complexity index is 808. The second-order valence-corrected chi connectivity index (χ2v) is 5.03. The quantitative estimate of drug-likeness (QED) is 0.798. The molecule has 0 radical (unpaired) electrons. The van der Waals surface area contributed by atoms with Gasteiger partial charge in [0.15, 0.2) is 0 Å². The van der Waals surface area contributed by atoms with E-state index in [0.717, 1.165) is 11.9 Å². The minimum Gasteiger partial charge on any atom is -0.478 e. The van der Waals surface area contributed by atoms with Crippen LogP contribution in [0.3, 0.4) is 0 Å². The summed E-state index contributed by atoms with van der Waals surface area (Å²) in [6.07, 6.45) is 0.831. The van der Waals surface area contributed by atoms with E-state index in [0.29, 0.717) is 12.1 Å². The standard InChI is InChI=1S/C16H15N3O2/c1-11-4-2-5-12(10-11)8-9-19-14-7-3-6-13(16(20)21)15(14)17-18-19/h2-7,10H,8-9H2,1H3,(H,20,21). The van der Waals surface area contributed by atoms with Crippen LogP contribution in [0.1, 0.15) is 21.5 Å². The van der Waals surface area contributed by atoms with Gasteiger partial charge in [0.05, 0.1) is 11.1 Å². The molecule has 5 nitrogen and oxygen atoms in total. The van der Waals surface area contributed by atoms with Crippen LogP contribution in [-0.4, -0.2) is 26.1 Å². The topological polar surface area (TPSA) is 68.0 Å². The van der Waals surface area contributed by atoms with Crippen molar-refractivity contribution in [2.45, 2.75) is 19.9 Å². The van der Waals surface area contributed by atoms with Crippen molar-refractivity contribution in [3.8, 4) is 0 Å². The van der Waals surface area contributed by atoms with E-state index in [1.807, 2.05) is 12.1 Å². The second kappa shape index (κ2) is 5.36. The number of rotatable bonds is 4. The number of hydrogen-bond donors (Lipinski definition) is 1. The van der Waals surface area contributed by atoms with Crippen molar-refractivity contribution >= 4 is 17.0 Å². The van der Waals surface area contributed by atoms with Gasteiger partial charge in [-0.2, -0.15) is 0 Å². The van der Waals surface area contributed by atoms with Gasteiger partial charge >= 0.3 is 5.97 Å². The van der Waals surface area contributed by atoms with Gasteiger partial charge in [0.2, 0.25) is 0 Å². The summed E-state index contributed by atoms with van der Waals surface area (Å²) in [5.74, 6) is -0.980. The van der Waals surface area contributed by atoms with Gasteiger partial charge in [-0.1, -0.05) is 41.1 Å². The highest BCUT2D eigenvalue weighted by Gasteiger charge is 2.13. The van der Waals surface area contributed by atoms with E-state index in [9.17, 15) is 4.79 Å². The fourth-order valence-electron chi connectivity index (χ4n) is 2.43. The molecule has 1 heterocycles. The molecule has 0 bridgehead atoms. The van der Waals surface area contributed by atoms with Gasteiger partial charge in [0.1, 0.15) is 5.52 Å². The van der Waals surface area contributed by atoms with Gasteiger partial charge in [0, 0.05) is 6.54 Å². The third-order valence-corrected chi connectivity index (χ3v) is 3.47. The summed E-state index contributed by atoms with van der Waals surface area (Å²) in [6, 6.07) is 13.4. The molecule has 0 saturated carbocycles. The zero-order valence-corrected chi connectivity index (χ0v) is 11.7. The average molecular weight is 281 g/mol. The van der Waals surface area contributed by atoms with E-state index in [2.05, 4.69) is 35.4 Å². The van der Waals surface area contributed by atoms with Gasteiger partial charge < -0.3 is 5.11 Å². The molecule has 2 aromatic carbocycles. The Labute approximate surface area is 121 Å². The lowest BCUT2D eigenvalue weighted by molar-refractivity contribution is 0.0699. The first kappa shape index (κ1) is 13.3. The Kier molecular flexibility index (Phi) is 3.39. The smallest absolute Gasteiger partial charge is 0.338 e. The van der Waals surface area contributed by atoms with Crippen LogP contribution in [0, 0.1) is 6.92 Å². The van der Waals surface area contributed by atoms with Crippen LogP contribution >= 0.6 is 0 Å². The molecule has 3 aromatic rings. The third-order valence-electron chi connectivity index (χ3n) is 3.47. The molecular weight excluding hydrogens is 266 g/mol. The maximum atomic E-state index is 11.2. The third kappa shape index (κ3) is 2.63. The van der Waals surface area contributed by atoms with Crippen molar-refractivity contribution in [2.24, 2.45) is 0 Å². The number of aromatic nitrogens is 3. The van der Waals surface area contributed by atoms with Crippen molar-refractivity contribution in [3.63, 3.8) is 0 Å². The lowest BCUT2D eigenvalue weighted by Crippen LogP contribution is -2.03. The number of aromatic carboxylic acids is 1. The van der Waals surface area contributed by atoms with Crippen LogP contribution in [0.25, 0.3) is 11.0 Å². The number of fused-ring (bicyclic) bond motifs is 1. The molecular formula is C16H15N3O2. The number of hydrogen-bond acceptors (Lipinski definition) is 3. The minimum atomic E-state index is -0.980. The van der Waals surface area contributed by atoms with E-state index in [-0.39, 0.29) is 5.56 Å². The molecule has 0 amide bonds. The molecule has 0 aliphatic rings. The Hall–Kier alpha value is -2.69. The van der Waals surface area contributed by atoms with Gasteiger partial charge in [0.25, 0.3) is 0 Å². The molecule has 5 heteroatoms. The van der Waals surface area contributed by atoms with Crippen molar-refractivity contribution in [1.82, 2.24) is 15.0 Å². The molecule has 0 aliphatic carbocycles. The summed E-state index contributed by atoms with van der Waals surface area (Å²) in [6.45, 7) is 2.73.